The lowest BCUT2D eigenvalue weighted by Gasteiger charge is -2.37. The molecule has 0 radical (unpaired) electrons. The molecule has 3 atom stereocenters. The number of halogens is 2. The number of aromatic nitrogens is 4. The number of carbonyl (C=O) groups excluding carboxylic acids is 2. The number of benzene rings is 1. The van der Waals surface area contributed by atoms with Gasteiger partial charge in [-0.1, -0.05) is 23.2 Å². The monoisotopic (exact) mass is 498 g/mol. The van der Waals surface area contributed by atoms with E-state index in [0.29, 0.717) is 46.6 Å². The molecule has 0 spiro atoms. The molecule has 2 aliphatic heterocycles. The Morgan fingerprint density at radius 3 is 2.56 bits per heavy atom. The molecule has 0 saturated heterocycles. The minimum atomic E-state index is -0.285. The van der Waals surface area contributed by atoms with Crippen LogP contribution in [0.2, 0.25) is 10.0 Å². The van der Waals surface area contributed by atoms with Crippen LogP contribution in [0.4, 0.5) is 0 Å². The molecule has 8 nitrogen and oxygen atoms in total. The Morgan fingerprint density at radius 2 is 1.85 bits per heavy atom. The van der Waals surface area contributed by atoms with Crippen molar-refractivity contribution in [1.29, 1.82) is 0 Å². The highest BCUT2D eigenvalue weighted by atomic mass is 35.5. The minimum absolute atomic E-state index is 0.0148. The zero-order chi connectivity index (χ0) is 24.1. The van der Waals surface area contributed by atoms with Gasteiger partial charge in [-0.25, -0.2) is 9.97 Å². The van der Waals surface area contributed by atoms with E-state index in [9.17, 15) is 9.59 Å². The Bertz CT molecular complexity index is 1280. The van der Waals surface area contributed by atoms with Crippen LogP contribution in [0.3, 0.4) is 0 Å². The number of rotatable bonds is 3. The fourth-order valence-electron chi connectivity index (χ4n) is 4.76. The van der Waals surface area contributed by atoms with Crippen LogP contribution in [0.1, 0.15) is 70.8 Å². The van der Waals surface area contributed by atoms with E-state index in [0.717, 1.165) is 11.3 Å². The smallest absolute Gasteiger partial charge is 0.273 e. The average Bonchev–Trinajstić information content (AvgIpc) is 3.21. The maximum absolute atomic E-state index is 13.7. The Hall–Kier alpha value is -2.97. The first kappa shape index (κ1) is 22.8. The molecule has 5 rings (SSSR count). The van der Waals surface area contributed by atoms with Gasteiger partial charge in [0.15, 0.2) is 0 Å². The Balaban J connectivity index is 1.49. The van der Waals surface area contributed by atoms with Gasteiger partial charge < -0.3 is 9.80 Å². The maximum Gasteiger partial charge on any atom is 0.273 e. The molecule has 4 heterocycles. The van der Waals surface area contributed by atoms with Crippen molar-refractivity contribution in [3.05, 3.63) is 75.0 Å². The molecule has 2 amide bonds. The summed E-state index contributed by atoms with van der Waals surface area (Å²) in [5, 5.41) is 5.52. The van der Waals surface area contributed by atoms with Crippen LogP contribution in [0.25, 0.3) is 0 Å². The van der Waals surface area contributed by atoms with E-state index in [1.807, 2.05) is 25.5 Å². The van der Waals surface area contributed by atoms with E-state index in [-0.39, 0.29) is 29.9 Å². The quantitative estimate of drug-likeness (QED) is 0.535. The van der Waals surface area contributed by atoms with Crippen LogP contribution in [0.5, 0.6) is 0 Å². The summed E-state index contributed by atoms with van der Waals surface area (Å²) in [6.45, 7) is 6.77. The minimum Gasteiger partial charge on any atom is -0.331 e. The van der Waals surface area contributed by atoms with Gasteiger partial charge in [0.05, 0.1) is 34.4 Å². The van der Waals surface area contributed by atoms with E-state index in [4.69, 9.17) is 28.3 Å². The van der Waals surface area contributed by atoms with E-state index in [2.05, 4.69) is 9.97 Å². The van der Waals surface area contributed by atoms with Crippen molar-refractivity contribution < 1.29 is 9.59 Å². The zero-order valence-electron chi connectivity index (χ0n) is 19.1. The van der Waals surface area contributed by atoms with Gasteiger partial charge in [0.1, 0.15) is 11.5 Å². The van der Waals surface area contributed by atoms with Gasteiger partial charge in [0.25, 0.3) is 11.8 Å². The van der Waals surface area contributed by atoms with Crippen LogP contribution in [0, 0.1) is 0 Å². The number of carbonyl (C=O) groups is 2. The first-order valence-corrected chi connectivity index (χ1v) is 12.0. The summed E-state index contributed by atoms with van der Waals surface area (Å²) in [6.07, 6.45) is 3.92. The van der Waals surface area contributed by atoms with E-state index >= 15 is 0 Å². The summed E-state index contributed by atoms with van der Waals surface area (Å²) in [4.78, 5) is 39.3. The standard InChI is InChI=1S/C24H24Cl2N6O2/c1-13-9-20-17(12-30(13)23(33)16-5-6-18(25)19(26)10-16)21-24(34)31(11-14(2)32(21)29-20)15(3)22-27-7-4-8-28-22/h4-8,10,13-15H,9,11-12H2,1-3H3/t13-,14-,15+/m1/s1. The Labute approximate surface area is 207 Å². The molecule has 0 unspecified atom stereocenters. The molecule has 10 heteroatoms. The second-order valence-electron chi connectivity index (χ2n) is 8.92. The maximum atomic E-state index is 13.7. The fraction of sp³-hybridized carbons (Fsp3) is 0.375. The third-order valence-electron chi connectivity index (χ3n) is 6.64. The highest BCUT2D eigenvalue weighted by Gasteiger charge is 2.41. The molecule has 3 aromatic rings. The third kappa shape index (κ3) is 3.75. The largest absolute Gasteiger partial charge is 0.331 e. The van der Waals surface area contributed by atoms with Crippen molar-refractivity contribution in [2.24, 2.45) is 0 Å². The van der Waals surface area contributed by atoms with Crippen molar-refractivity contribution >= 4 is 35.0 Å². The predicted octanol–water partition coefficient (Wildman–Crippen LogP) is 4.34. The van der Waals surface area contributed by atoms with E-state index in [1.165, 1.54) is 0 Å². The molecular formula is C24H24Cl2N6O2. The highest BCUT2D eigenvalue weighted by Crippen LogP contribution is 2.35. The van der Waals surface area contributed by atoms with Crippen LogP contribution in [-0.2, 0) is 13.0 Å². The Morgan fingerprint density at radius 1 is 1.12 bits per heavy atom. The van der Waals surface area contributed by atoms with Crippen molar-refractivity contribution in [1.82, 2.24) is 29.5 Å². The third-order valence-corrected chi connectivity index (χ3v) is 7.38. The van der Waals surface area contributed by atoms with Crippen LogP contribution >= 0.6 is 23.2 Å². The predicted molar refractivity (Wildman–Crippen MR) is 128 cm³/mol. The number of hydrogen-bond donors (Lipinski definition) is 0. The summed E-state index contributed by atoms with van der Waals surface area (Å²) < 4.78 is 1.82. The van der Waals surface area contributed by atoms with Crippen molar-refractivity contribution in [3.63, 3.8) is 0 Å². The van der Waals surface area contributed by atoms with Crippen molar-refractivity contribution in [2.45, 2.75) is 51.9 Å². The summed E-state index contributed by atoms with van der Waals surface area (Å²) in [7, 11) is 0. The van der Waals surface area contributed by atoms with Gasteiger partial charge in [-0.15, -0.1) is 0 Å². The van der Waals surface area contributed by atoms with Gasteiger partial charge in [-0.3, -0.25) is 14.3 Å². The average molecular weight is 499 g/mol. The second kappa shape index (κ2) is 8.67. The molecule has 2 aliphatic rings. The van der Waals surface area contributed by atoms with Crippen LogP contribution < -0.4 is 0 Å². The van der Waals surface area contributed by atoms with Crippen molar-refractivity contribution in [2.75, 3.05) is 6.54 Å². The lowest BCUT2D eigenvalue weighted by molar-refractivity contribution is 0.0566. The number of fused-ring (bicyclic) bond motifs is 3. The second-order valence-corrected chi connectivity index (χ2v) is 9.74. The number of hydrogen-bond acceptors (Lipinski definition) is 5. The van der Waals surface area contributed by atoms with Crippen molar-refractivity contribution in [3.8, 4) is 0 Å². The van der Waals surface area contributed by atoms with Gasteiger partial charge in [0, 0.05) is 42.5 Å². The van der Waals surface area contributed by atoms with Crippen LogP contribution in [-0.4, -0.2) is 53.9 Å². The molecule has 2 aromatic heterocycles. The van der Waals surface area contributed by atoms with Gasteiger partial charge in [0.2, 0.25) is 0 Å². The lowest BCUT2D eigenvalue weighted by Crippen LogP contribution is -2.46. The fourth-order valence-corrected chi connectivity index (χ4v) is 5.05. The zero-order valence-corrected chi connectivity index (χ0v) is 20.6. The summed E-state index contributed by atoms with van der Waals surface area (Å²) in [5.74, 6) is 0.314. The Kier molecular flexibility index (Phi) is 5.81. The van der Waals surface area contributed by atoms with E-state index < -0.39 is 0 Å². The normalized spacial score (nSPS) is 20.7. The summed E-state index contributed by atoms with van der Waals surface area (Å²) in [6, 6.07) is 6.24. The number of nitrogens with zero attached hydrogens (tertiary/aromatic N) is 6. The van der Waals surface area contributed by atoms with Gasteiger partial charge in [-0.2, -0.15) is 5.10 Å². The molecular weight excluding hydrogens is 475 g/mol. The molecule has 0 bridgehead atoms. The molecule has 0 saturated carbocycles. The number of amides is 2. The van der Waals surface area contributed by atoms with Gasteiger partial charge >= 0.3 is 0 Å². The summed E-state index contributed by atoms with van der Waals surface area (Å²) in [5.41, 5.74) is 2.66. The first-order valence-electron chi connectivity index (χ1n) is 11.2. The molecule has 34 heavy (non-hydrogen) atoms. The SMILES string of the molecule is C[C@@H]1Cc2nn3c(c2CN1C(=O)c1ccc(Cl)c(Cl)c1)C(=O)N([C@@H](C)c1ncccn1)C[C@H]3C. The van der Waals surface area contributed by atoms with Gasteiger partial charge in [-0.05, 0) is 45.0 Å². The highest BCUT2D eigenvalue weighted by molar-refractivity contribution is 6.42. The lowest BCUT2D eigenvalue weighted by atomic mass is 9.97. The first-order chi connectivity index (χ1) is 16.3. The molecule has 1 aromatic carbocycles. The summed E-state index contributed by atoms with van der Waals surface area (Å²) >= 11 is 12.2. The van der Waals surface area contributed by atoms with E-state index in [1.54, 1.807) is 46.5 Å². The van der Waals surface area contributed by atoms with Crippen LogP contribution in [0.15, 0.2) is 36.7 Å². The molecule has 176 valence electrons. The topological polar surface area (TPSA) is 84.2 Å². The molecule has 0 aliphatic carbocycles. The molecule has 0 N–H and O–H groups in total. The molecule has 0 fully saturated rings.